The van der Waals surface area contributed by atoms with E-state index < -0.39 is 11.9 Å². The molecule has 0 saturated carbocycles. The zero-order chi connectivity index (χ0) is 18.5. The average molecular weight is 391 g/mol. The van der Waals surface area contributed by atoms with Crippen molar-refractivity contribution < 1.29 is 23.6 Å². The first kappa shape index (κ1) is 17.8. The Hall–Kier alpha value is -2.97. The Balaban J connectivity index is 1.70. The summed E-state index contributed by atoms with van der Waals surface area (Å²) in [6, 6.07) is 8.09. The summed E-state index contributed by atoms with van der Waals surface area (Å²) in [6.07, 6.45) is 2.69. The molecular weight excluding hydrogens is 380 g/mol. The molecule has 3 aromatic heterocycles. The summed E-state index contributed by atoms with van der Waals surface area (Å²) < 4.78 is 10.3. The number of aromatic nitrogens is 1. The number of furan rings is 1. The maximum atomic E-state index is 11.9. The second kappa shape index (κ2) is 7.94. The first-order chi connectivity index (χ1) is 12.6. The molecule has 0 aliphatic heterocycles. The predicted octanol–water partition coefficient (Wildman–Crippen LogP) is 4.03. The standard InChI is InChI=1S/C17H11ClN2O5S/c1-23-17(22)14-11(6-8-26-14)13-5-4-10(24-13)9-20-25-16(21)12-3-2-7-19-15(12)18/h2-9H,1H3. The first-order valence-electron chi connectivity index (χ1n) is 7.21. The molecule has 0 N–H and O–H groups in total. The molecule has 132 valence electrons. The van der Waals surface area contributed by atoms with Gasteiger partial charge in [0.15, 0.2) is 0 Å². The molecule has 0 aromatic carbocycles. The van der Waals surface area contributed by atoms with Crippen LogP contribution in [0.4, 0.5) is 0 Å². The molecule has 7 nitrogen and oxygen atoms in total. The van der Waals surface area contributed by atoms with Crippen LogP contribution in [0, 0.1) is 0 Å². The van der Waals surface area contributed by atoms with Crippen LogP contribution in [0.1, 0.15) is 25.8 Å². The smallest absolute Gasteiger partial charge is 0.368 e. The highest BCUT2D eigenvalue weighted by Gasteiger charge is 2.17. The monoisotopic (exact) mass is 390 g/mol. The van der Waals surface area contributed by atoms with Crippen molar-refractivity contribution in [3.8, 4) is 11.3 Å². The topological polar surface area (TPSA) is 91.0 Å². The quantitative estimate of drug-likeness (QED) is 0.215. The Labute approximate surface area is 156 Å². The van der Waals surface area contributed by atoms with E-state index >= 15 is 0 Å². The lowest BCUT2D eigenvalue weighted by atomic mass is 10.2. The van der Waals surface area contributed by atoms with Gasteiger partial charge in [-0.3, -0.25) is 0 Å². The largest absolute Gasteiger partial charge is 0.465 e. The van der Waals surface area contributed by atoms with Crippen LogP contribution in [0.2, 0.25) is 5.15 Å². The van der Waals surface area contributed by atoms with Crippen molar-refractivity contribution in [3.63, 3.8) is 0 Å². The highest BCUT2D eigenvalue weighted by atomic mass is 35.5. The third kappa shape index (κ3) is 3.81. The number of esters is 1. The third-order valence-corrected chi connectivity index (χ3v) is 4.42. The van der Waals surface area contributed by atoms with Gasteiger partial charge in [-0.1, -0.05) is 16.8 Å². The summed E-state index contributed by atoms with van der Waals surface area (Å²) in [6.45, 7) is 0. The van der Waals surface area contributed by atoms with E-state index in [0.717, 1.165) is 0 Å². The van der Waals surface area contributed by atoms with Crippen molar-refractivity contribution in [3.05, 3.63) is 63.3 Å². The maximum Gasteiger partial charge on any atom is 0.368 e. The number of thiophene rings is 1. The molecule has 0 spiro atoms. The Morgan fingerprint density at radius 3 is 2.88 bits per heavy atom. The van der Waals surface area contributed by atoms with Gasteiger partial charge in [0.05, 0.1) is 12.7 Å². The second-order valence-corrected chi connectivity index (χ2v) is 6.09. The SMILES string of the molecule is COC(=O)c1sccc1-c1ccc(C=NOC(=O)c2cccnc2Cl)o1. The number of carbonyl (C=O) groups excluding carboxylic acids is 2. The number of hydrogen-bond donors (Lipinski definition) is 0. The minimum absolute atomic E-state index is 0.0285. The first-order valence-corrected chi connectivity index (χ1v) is 8.47. The van der Waals surface area contributed by atoms with Crippen LogP contribution >= 0.6 is 22.9 Å². The number of carbonyl (C=O) groups is 2. The average Bonchev–Trinajstić information content (AvgIpc) is 3.30. The van der Waals surface area contributed by atoms with Crippen molar-refractivity contribution in [1.82, 2.24) is 4.98 Å². The molecule has 0 atom stereocenters. The van der Waals surface area contributed by atoms with Gasteiger partial charge in [0.2, 0.25) is 0 Å². The van der Waals surface area contributed by atoms with Gasteiger partial charge < -0.3 is 14.0 Å². The number of halogens is 1. The van der Waals surface area contributed by atoms with E-state index in [0.29, 0.717) is 22.0 Å². The van der Waals surface area contributed by atoms with Crippen molar-refractivity contribution in [2.24, 2.45) is 5.16 Å². The molecule has 0 radical (unpaired) electrons. The molecule has 0 unspecified atom stereocenters. The molecule has 3 rings (SSSR count). The van der Waals surface area contributed by atoms with E-state index in [9.17, 15) is 9.59 Å². The van der Waals surface area contributed by atoms with Crippen LogP contribution in [0.15, 0.2) is 51.5 Å². The molecule has 0 amide bonds. The van der Waals surface area contributed by atoms with Gasteiger partial charge in [-0.2, -0.15) is 0 Å². The molecule has 3 aromatic rings. The number of hydrogen-bond acceptors (Lipinski definition) is 8. The summed E-state index contributed by atoms with van der Waals surface area (Å²) in [5.41, 5.74) is 0.716. The highest BCUT2D eigenvalue weighted by molar-refractivity contribution is 7.12. The van der Waals surface area contributed by atoms with E-state index in [1.807, 2.05) is 0 Å². The lowest BCUT2D eigenvalue weighted by Gasteiger charge is -1.99. The zero-order valence-corrected chi connectivity index (χ0v) is 14.9. The van der Waals surface area contributed by atoms with E-state index in [1.54, 1.807) is 29.6 Å². The van der Waals surface area contributed by atoms with Crippen molar-refractivity contribution >= 4 is 41.1 Å². The Morgan fingerprint density at radius 2 is 2.12 bits per heavy atom. The maximum absolute atomic E-state index is 11.9. The molecule has 26 heavy (non-hydrogen) atoms. The molecule has 0 saturated heterocycles. The van der Waals surface area contributed by atoms with Gasteiger partial charge in [-0.25, -0.2) is 14.6 Å². The van der Waals surface area contributed by atoms with Crippen LogP contribution in [0.3, 0.4) is 0 Å². The van der Waals surface area contributed by atoms with Crippen LogP contribution in [0.5, 0.6) is 0 Å². The lowest BCUT2D eigenvalue weighted by molar-refractivity contribution is 0.0517. The van der Waals surface area contributed by atoms with Gasteiger partial charge >= 0.3 is 11.9 Å². The van der Waals surface area contributed by atoms with Crippen LogP contribution in [-0.2, 0) is 9.57 Å². The number of methoxy groups -OCH3 is 1. The molecule has 0 fully saturated rings. The van der Waals surface area contributed by atoms with Gasteiger partial charge in [-0.05, 0) is 35.7 Å². The van der Waals surface area contributed by atoms with Crippen LogP contribution in [-0.4, -0.2) is 30.2 Å². The normalized spacial score (nSPS) is 10.8. The van der Waals surface area contributed by atoms with Crippen LogP contribution in [0.25, 0.3) is 11.3 Å². The van der Waals surface area contributed by atoms with Crippen molar-refractivity contribution in [2.45, 2.75) is 0 Å². The van der Waals surface area contributed by atoms with Gasteiger partial charge in [-0.15, -0.1) is 11.3 Å². The highest BCUT2D eigenvalue weighted by Crippen LogP contribution is 2.30. The summed E-state index contributed by atoms with van der Waals surface area (Å²) in [5, 5.41) is 5.37. The molecule has 0 bridgehead atoms. The number of nitrogens with zero attached hydrogens (tertiary/aromatic N) is 2. The Kier molecular flexibility index (Phi) is 5.45. The van der Waals surface area contributed by atoms with Gasteiger partial charge in [0.25, 0.3) is 0 Å². The number of rotatable bonds is 5. The minimum atomic E-state index is -0.739. The third-order valence-electron chi connectivity index (χ3n) is 3.22. The Morgan fingerprint density at radius 1 is 1.27 bits per heavy atom. The number of oxime groups is 1. The fourth-order valence-corrected chi connectivity index (χ4v) is 3.05. The fourth-order valence-electron chi connectivity index (χ4n) is 2.03. The summed E-state index contributed by atoms with van der Waals surface area (Å²) in [4.78, 5) is 32.6. The molecule has 9 heteroatoms. The van der Waals surface area contributed by atoms with Crippen molar-refractivity contribution in [1.29, 1.82) is 0 Å². The van der Waals surface area contributed by atoms with Crippen molar-refractivity contribution in [2.75, 3.05) is 7.11 Å². The Bertz CT molecular complexity index is 979. The molecule has 0 aliphatic rings. The van der Waals surface area contributed by atoms with E-state index in [2.05, 4.69) is 10.1 Å². The summed E-state index contributed by atoms with van der Waals surface area (Å²) in [7, 11) is 1.31. The van der Waals surface area contributed by atoms with E-state index in [1.165, 1.54) is 36.9 Å². The molecule has 0 aliphatic carbocycles. The van der Waals surface area contributed by atoms with Crippen LogP contribution < -0.4 is 0 Å². The van der Waals surface area contributed by atoms with Gasteiger partial charge in [0.1, 0.15) is 27.8 Å². The lowest BCUT2D eigenvalue weighted by Crippen LogP contribution is -2.02. The molecular formula is C17H11ClN2O5S. The fraction of sp³-hybridized carbons (Fsp3) is 0.0588. The molecule has 3 heterocycles. The number of ether oxygens (including phenoxy) is 1. The minimum Gasteiger partial charge on any atom is -0.465 e. The second-order valence-electron chi connectivity index (χ2n) is 4.81. The summed E-state index contributed by atoms with van der Waals surface area (Å²) in [5.74, 6) is -0.373. The number of pyridine rings is 1. The predicted molar refractivity (Wildman–Crippen MR) is 95.6 cm³/mol. The van der Waals surface area contributed by atoms with Gasteiger partial charge in [0, 0.05) is 11.8 Å². The zero-order valence-electron chi connectivity index (χ0n) is 13.3. The summed E-state index contributed by atoms with van der Waals surface area (Å²) >= 11 is 7.06. The van der Waals surface area contributed by atoms with E-state index in [-0.39, 0.29) is 10.7 Å². The van der Waals surface area contributed by atoms with E-state index in [4.69, 9.17) is 25.6 Å².